The van der Waals surface area contributed by atoms with E-state index in [1.807, 2.05) is 31.2 Å². The lowest BCUT2D eigenvalue weighted by atomic mass is 9.76. The van der Waals surface area contributed by atoms with Gasteiger partial charge in [0.25, 0.3) is 0 Å². The molecule has 0 amide bonds. The van der Waals surface area contributed by atoms with Crippen LogP contribution in [0.25, 0.3) is 0 Å². The number of oxime groups is 1. The van der Waals surface area contributed by atoms with Crippen molar-refractivity contribution in [3.05, 3.63) is 41.1 Å². The summed E-state index contributed by atoms with van der Waals surface area (Å²) in [6, 6.07) is 8.00. The first-order valence-electron chi connectivity index (χ1n) is 7.02. The standard InChI is InChI=1S/C16H19N3O2/c1-10-4-6-11(7-5-10)17-15-14-12(18-20)8-16(2,3)9-13(14)19-21-15/h4-7,17,20H,8-9H2,1-3H3. The number of aromatic nitrogens is 1. The predicted molar refractivity (Wildman–Crippen MR) is 81.4 cm³/mol. The van der Waals surface area contributed by atoms with Gasteiger partial charge in [-0.15, -0.1) is 0 Å². The molecule has 0 saturated carbocycles. The van der Waals surface area contributed by atoms with Crippen molar-refractivity contribution in [2.75, 3.05) is 5.32 Å². The molecule has 0 radical (unpaired) electrons. The Morgan fingerprint density at radius 1 is 1.24 bits per heavy atom. The summed E-state index contributed by atoms with van der Waals surface area (Å²) in [6.45, 7) is 6.30. The monoisotopic (exact) mass is 285 g/mol. The van der Waals surface area contributed by atoms with Gasteiger partial charge in [0.05, 0.1) is 17.0 Å². The molecule has 0 bridgehead atoms. The predicted octanol–water partition coefficient (Wildman–Crippen LogP) is 3.88. The minimum atomic E-state index is 0.0204. The van der Waals surface area contributed by atoms with Gasteiger partial charge in [0.15, 0.2) is 0 Å². The van der Waals surface area contributed by atoms with E-state index >= 15 is 0 Å². The first-order valence-corrected chi connectivity index (χ1v) is 7.02. The van der Waals surface area contributed by atoms with Gasteiger partial charge in [-0.3, -0.25) is 0 Å². The average molecular weight is 285 g/mol. The number of hydrogen-bond acceptors (Lipinski definition) is 5. The Hall–Kier alpha value is -2.30. The molecule has 1 heterocycles. The van der Waals surface area contributed by atoms with Crippen LogP contribution in [0, 0.1) is 12.3 Å². The van der Waals surface area contributed by atoms with Gasteiger partial charge in [0.1, 0.15) is 0 Å². The number of hydrogen-bond donors (Lipinski definition) is 2. The van der Waals surface area contributed by atoms with Crippen LogP contribution in [-0.4, -0.2) is 16.1 Å². The molecule has 1 aromatic carbocycles. The minimum Gasteiger partial charge on any atom is -0.411 e. The molecule has 0 atom stereocenters. The van der Waals surface area contributed by atoms with E-state index in [0.29, 0.717) is 18.0 Å². The summed E-state index contributed by atoms with van der Waals surface area (Å²) >= 11 is 0. The molecule has 1 aliphatic rings. The third-order valence-corrected chi connectivity index (χ3v) is 3.77. The molecule has 2 N–H and O–H groups in total. The molecule has 5 nitrogen and oxygen atoms in total. The summed E-state index contributed by atoms with van der Waals surface area (Å²) in [7, 11) is 0. The van der Waals surface area contributed by atoms with Crippen molar-refractivity contribution in [3.8, 4) is 0 Å². The Kier molecular flexibility index (Phi) is 3.20. The summed E-state index contributed by atoms with van der Waals surface area (Å²) in [5, 5.41) is 20.1. The number of benzene rings is 1. The van der Waals surface area contributed by atoms with E-state index in [-0.39, 0.29) is 5.41 Å². The molecule has 1 aromatic heterocycles. The first-order chi connectivity index (χ1) is 9.98. The molecule has 3 rings (SSSR count). The number of anilines is 2. The van der Waals surface area contributed by atoms with Crippen molar-refractivity contribution in [3.63, 3.8) is 0 Å². The van der Waals surface area contributed by atoms with Crippen LogP contribution < -0.4 is 5.32 Å². The quantitative estimate of drug-likeness (QED) is 0.649. The Labute approximate surface area is 123 Å². The number of rotatable bonds is 2. The maximum absolute atomic E-state index is 9.31. The van der Waals surface area contributed by atoms with E-state index in [4.69, 9.17) is 4.52 Å². The van der Waals surface area contributed by atoms with Gasteiger partial charge in [0.2, 0.25) is 5.88 Å². The summed E-state index contributed by atoms with van der Waals surface area (Å²) in [5.41, 5.74) is 4.39. The fourth-order valence-corrected chi connectivity index (χ4v) is 2.74. The van der Waals surface area contributed by atoms with Crippen LogP contribution in [0.1, 0.15) is 37.1 Å². The van der Waals surface area contributed by atoms with E-state index in [1.165, 1.54) is 5.56 Å². The molecule has 0 spiro atoms. The molecule has 2 aromatic rings. The topological polar surface area (TPSA) is 70.7 Å². The summed E-state index contributed by atoms with van der Waals surface area (Å²) in [6.07, 6.45) is 1.50. The van der Waals surface area contributed by atoms with Crippen LogP contribution in [0.3, 0.4) is 0 Å². The highest BCUT2D eigenvalue weighted by atomic mass is 16.5. The van der Waals surface area contributed by atoms with Gasteiger partial charge >= 0.3 is 0 Å². The SMILES string of the molecule is Cc1ccc(Nc2onc3c2C(=NO)CC(C)(C)C3)cc1. The van der Waals surface area contributed by atoms with Crippen molar-refractivity contribution in [1.29, 1.82) is 0 Å². The molecule has 110 valence electrons. The van der Waals surface area contributed by atoms with Crippen molar-refractivity contribution < 1.29 is 9.73 Å². The van der Waals surface area contributed by atoms with E-state index < -0.39 is 0 Å². The number of nitrogens with one attached hydrogen (secondary N) is 1. The lowest BCUT2D eigenvalue weighted by Crippen LogP contribution is -2.27. The molecule has 0 aliphatic heterocycles. The zero-order valence-electron chi connectivity index (χ0n) is 12.5. The first kappa shape index (κ1) is 13.7. The molecule has 5 heteroatoms. The van der Waals surface area contributed by atoms with Crippen molar-refractivity contribution in [2.45, 2.75) is 33.6 Å². The molecular weight excluding hydrogens is 266 g/mol. The molecule has 0 unspecified atom stereocenters. The van der Waals surface area contributed by atoms with Gasteiger partial charge in [-0.2, -0.15) is 0 Å². The Balaban J connectivity index is 1.96. The number of aryl methyl sites for hydroxylation is 1. The number of nitrogens with zero attached hydrogens (tertiary/aromatic N) is 2. The second-order valence-electron chi connectivity index (χ2n) is 6.39. The molecule has 21 heavy (non-hydrogen) atoms. The largest absolute Gasteiger partial charge is 0.411 e. The summed E-state index contributed by atoms with van der Waals surface area (Å²) in [5.74, 6) is 0.539. The van der Waals surface area contributed by atoms with Crippen molar-refractivity contribution in [1.82, 2.24) is 5.16 Å². The van der Waals surface area contributed by atoms with Crippen LogP contribution >= 0.6 is 0 Å². The molecule has 1 aliphatic carbocycles. The van der Waals surface area contributed by atoms with Gasteiger partial charge in [0, 0.05) is 5.69 Å². The highest BCUT2D eigenvalue weighted by molar-refractivity contribution is 6.06. The number of fused-ring (bicyclic) bond motifs is 1. The smallest absolute Gasteiger partial charge is 0.238 e. The van der Waals surface area contributed by atoms with E-state index in [9.17, 15) is 5.21 Å². The summed E-state index contributed by atoms with van der Waals surface area (Å²) in [4.78, 5) is 0. The Morgan fingerprint density at radius 3 is 2.62 bits per heavy atom. The third kappa shape index (κ3) is 2.63. The van der Waals surface area contributed by atoms with Crippen LogP contribution in [0.15, 0.2) is 33.9 Å². The molecular formula is C16H19N3O2. The highest BCUT2D eigenvalue weighted by Gasteiger charge is 2.35. The van der Waals surface area contributed by atoms with Crippen LogP contribution in [0.5, 0.6) is 0 Å². The second kappa shape index (κ2) is 4.91. The Bertz CT molecular complexity index is 684. The van der Waals surface area contributed by atoms with Crippen molar-refractivity contribution >= 4 is 17.3 Å². The van der Waals surface area contributed by atoms with E-state index in [1.54, 1.807) is 0 Å². The minimum absolute atomic E-state index is 0.0204. The van der Waals surface area contributed by atoms with Crippen LogP contribution in [0.2, 0.25) is 0 Å². The van der Waals surface area contributed by atoms with Crippen LogP contribution in [-0.2, 0) is 6.42 Å². The normalized spacial score (nSPS) is 18.5. The maximum Gasteiger partial charge on any atom is 0.238 e. The Morgan fingerprint density at radius 2 is 1.95 bits per heavy atom. The second-order valence-corrected chi connectivity index (χ2v) is 6.39. The fraction of sp³-hybridized carbons (Fsp3) is 0.375. The lowest BCUT2D eigenvalue weighted by molar-refractivity contribution is 0.305. The average Bonchev–Trinajstić information content (AvgIpc) is 2.82. The van der Waals surface area contributed by atoms with Gasteiger partial charge in [-0.1, -0.05) is 41.9 Å². The van der Waals surface area contributed by atoms with E-state index in [0.717, 1.165) is 23.4 Å². The fourth-order valence-electron chi connectivity index (χ4n) is 2.74. The van der Waals surface area contributed by atoms with Gasteiger partial charge in [-0.25, -0.2) is 0 Å². The lowest BCUT2D eigenvalue weighted by Gasteiger charge is -2.28. The molecule has 0 saturated heterocycles. The van der Waals surface area contributed by atoms with E-state index in [2.05, 4.69) is 29.5 Å². The molecule has 0 fully saturated rings. The van der Waals surface area contributed by atoms with Crippen molar-refractivity contribution in [2.24, 2.45) is 10.6 Å². The maximum atomic E-state index is 9.31. The zero-order valence-corrected chi connectivity index (χ0v) is 12.5. The zero-order chi connectivity index (χ0) is 15.0. The highest BCUT2D eigenvalue weighted by Crippen LogP contribution is 2.38. The van der Waals surface area contributed by atoms with Crippen LogP contribution in [0.4, 0.5) is 11.6 Å². The van der Waals surface area contributed by atoms with Gasteiger partial charge < -0.3 is 15.0 Å². The summed E-state index contributed by atoms with van der Waals surface area (Å²) < 4.78 is 5.42. The third-order valence-electron chi connectivity index (χ3n) is 3.77. The van der Waals surface area contributed by atoms with Gasteiger partial charge in [-0.05, 0) is 37.3 Å².